The molecule has 1 heterocycles. The predicted octanol–water partition coefficient (Wildman–Crippen LogP) is 2.82. The molecule has 5 heteroatoms. The summed E-state index contributed by atoms with van der Waals surface area (Å²) < 4.78 is 3.80. The standard InChI is InChI=1S/C11H18S2Se3/c1-3-5-12-7-10-14-9-15-11(16-10)8-13-6-4-2/h3-4,10-11H,1-2,5-9H2. The molecule has 1 rings (SSSR count). The number of thioether (sulfide) groups is 2. The summed E-state index contributed by atoms with van der Waals surface area (Å²) in [6.07, 6.45) is 4.07. The third kappa shape index (κ3) is 7.23. The summed E-state index contributed by atoms with van der Waals surface area (Å²) in [5.41, 5.74) is 0. The molecule has 0 bridgehead atoms. The Hall–Kier alpha value is 1.74. The Morgan fingerprint density at radius 3 is 1.94 bits per heavy atom. The van der Waals surface area contributed by atoms with Crippen LogP contribution in [-0.4, -0.2) is 67.9 Å². The zero-order chi connectivity index (χ0) is 11.6. The quantitative estimate of drug-likeness (QED) is 0.317. The van der Waals surface area contributed by atoms with Crippen molar-refractivity contribution in [3.05, 3.63) is 25.3 Å². The van der Waals surface area contributed by atoms with Gasteiger partial charge in [0.15, 0.2) is 0 Å². The van der Waals surface area contributed by atoms with E-state index in [-0.39, 0.29) is 0 Å². The van der Waals surface area contributed by atoms with Crippen molar-refractivity contribution in [3.8, 4) is 0 Å². The second-order valence-electron chi connectivity index (χ2n) is 3.10. The number of rotatable bonds is 8. The van der Waals surface area contributed by atoms with Crippen molar-refractivity contribution in [2.75, 3.05) is 23.0 Å². The summed E-state index contributed by atoms with van der Waals surface area (Å²) in [6, 6.07) is 0. The molecule has 0 spiro atoms. The molecule has 1 saturated heterocycles. The van der Waals surface area contributed by atoms with Crippen LogP contribution in [0.4, 0.5) is 0 Å². The molecule has 2 unspecified atom stereocenters. The Morgan fingerprint density at radius 2 is 1.50 bits per heavy atom. The average molecular weight is 451 g/mol. The average Bonchev–Trinajstić information content (AvgIpc) is 2.30. The molecular formula is C11H18S2Se3. The normalized spacial score (nSPS) is 25.2. The second-order valence-corrected chi connectivity index (χ2v) is 18.1. The first-order valence-corrected chi connectivity index (χ1v) is 13.8. The van der Waals surface area contributed by atoms with Crippen LogP contribution in [0.3, 0.4) is 0 Å². The van der Waals surface area contributed by atoms with Gasteiger partial charge in [0.05, 0.1) is 0 Å². The fraction of sp³-hybridized carbons (Fsp3) is 0.636. The van der Waals surface area contributed by atoms with E-state index in [1.807, 2.05) is 12.2 Å². The van der Waals surface area contributed by atoms with Gasteiger partial charge in [0.1, 0.15) is 0 Å². The topological polar surface area (TPSA) is 0 Å². The zero-order valence-electron chi connectivity index (χ0n) is 9.30. The van der Waals surface area contributed by atoms with Gasteiger partial charge in [0, 0.05) is 0 Å². The monoisotopic (exact) mass is 454 g/mol. The summed E-state index contributed by atoms with van der Waals surface area (Å²) in [4.78, 5) is 0. The number of hydrogen-bond donors (Lipinski definition) is 0. The maximum atomic E-state index is 3.79. The van der Waals surface area contributed by atoms with Gasteiger partial charge in [-0.25, -0.2) is 0 Å². The fourth-order valence-electron chi connectivity index (χ4n) is 1.11. The van der Waals surface area contributed by atoms with E-state index in [0.717, 1.165) is 63.8 Å². The van der Waals surface area contributed by atoms with E-state index in [0.29, 0.717) is 0 Å². The first-order valence-electron chi connectivity index (χ1n) is 5.12. The van der Waals surface area contributed by atoms with Crippen molar-refractivity contribution in [2.24, 2.45) is 0 Å². The van der Waals surface area contributed by atoms with Crippen molar-refractivity contribution >= 4 is 68.4 Å². The van der Waals surface area contributed by atoms with Crippen molar-refractivity contribution in [3.63, 3.8) is 0 Å². The molecule has 1 aliphatic heterocycles. The first-order chi connectivity index (χ1) is 7.86. The SMILES string of the molecule is C=CCSCC1[Se]C[Se]C(CSCC=C)[Se]1. The molecular weight excluding hydrogens is 433 g/mol. The Labute approximate surface area is 127 Å². The van der Waals surface area contributed by atoms with Crippen LogP contribution in [0.15, 0.2) is 25.3 Å². The van der Waals surface area contributed by atoms with E-state index in [9.17, 15) is 0 Å². The molecule has 0 aliphatic carbocycles. The van der Waals surface area contributed by atoms with Gasteiger partial charge >= 0.3 is 128 Å². The summed E-state index contributed by atoms with van der Waals surface area (Å²) in [7, 11) is 0. The Bertz CT molecular complexity index is 191. The molecule has 2 atom stereocenters. The van der Waals surface area contributed by atoms with Crippen LogP contribution in [0.25, 0.3) is 0 Å². The van der Waals surface area contributed by atoms with Gasteiger partial charge in [-0.2, -0.15) is 0 Å². The molecule has 92 valence electrons. The Morgan fingerprint density at radius 1 is 1.00 bits per heavy atom. The molecule has 0 aromatic heterocycles. The van der Waals surface area contributed by atoms with E-state index in [1.54, 1.807) is 4.22 Å². The van der Waals surface area contributed by atoms with Crippen LogP contribution in [0.1, 0.15) is 0 Å². The molecule has 16 heavy (non-hydrogen) atoms. The zero-order valence-corrected chi connectivity index (χ0v) is 16.1. The Kier molecular flexibility index (Phi) is 10.5. The van der Waals surface area contributed by atoms with Gasteiger partial charge in [-0.05, 0) is 0 Å². The van der Waals surface area contributed by atoms with E-state index >= 15 is 0 Å². The third-order valence-electron chi connectivity index (χ3n) is 1.79. The minimum absolute atomic E-state index is 0.931. The van der Waals surface area contributed by atoms with Gasteiger partial charge < -0.3 is 0 Å². The van der Waals surface area contributed by atoms with Crippen LogP contribution < -0.4 is 0 Å². The van der Waals surface area contributed by atoms with Gasteiger partial charge in [0.25, 0.3) is 0 Å². The van der Waals surface area contributed by atoms with E-state index in [4.69, 9.17) is 0 Å². The molecule has 0 amide bonds. The van der Waals surface area contributed by atoms with Crippen molar-refractivity contribution in [1.82, 2.24) is 0 Å². The van der Waals surface area contributed by atoms with Gasteiger partial charge in [-0.3, -0.25) is 0 Å². The predicted molar refractivity (Wildman–Crippen MR) is 84.6 cm³/mol. The molecule has 0 aromatic rings. The maximum absolute atomic E-state index is 3.79. The van der Waals surface area contributed by atoms with Crippen LogP contribution in [0, 0.1) is 0 Å². The molecule has 0 N–H and O–H groups in total. The molecule has 0 nitrogen and oxygen atoms in total. The molecule has 0 saturated carbocycles. The summed E-state index contributed by atoms with van der Waals surface area (Å²) in [5.74, 6) is 5.10. The van der Waals surface area contributed by atoms with Crippen molar-refractivity contribution in [1.29, 1.82) is 0 Å². The van der Waals surface area contributed by atoms with E-state index in [2.05, 4.69) is 36.7 Å². The van der Waals surface area contributed by atoms with Crippen LogP contribution in [-0.2, 0) is 0 Å². The van der Waals surface area contributed by atoms with Gasteiger partial charge in [-0.1, -0.05) is 0 Å². The Balaban J connectivity index is 2.13. The summed E-state index contributed by atoms with van der Waals surface area (Å²) in [5, 5.41) is 0. The number of hydrogen-bond acceptors (Lipinski definition) is 2. The van der Waals surface area contributed by atoms with E-state index in [1.165, 1.54) is 11.5 Å². The second kappa shape index (κ2) is 10.6. The van der Waals surface area contributed by atoms with Crippen LogP contribution >= 0.6 is 23.5 Å². The first kappa shape index (κ1) is 15.8. The van der Waals surface area contributed by atoms with Crippen LogP contribution in [0.5, 0.6) is 0 Å². The molecule has 1 fully saturated rings. The van der Waals surface area contributed by atoms with E-state index < -0.39 is 0 Å². The molecule has 0 radical (unpaired) electrons. The van der Waals surface area contributed by atoms with Crippen molar-refractivity contribution < 1.29 is 0 Å². The minimum atomic E-state index is 0.931. The molecule has 0 aromatic carbocycles. The third-order valence-corrected chi connectivity index (χ3v) is 18.9. The van der Waals surface area contributed by atoms with Gasteiger partial charge in [-0.15, -0.1) is 0 Å². The summed E-state index contributed by atoms with van der Waals surface area (Å²) >= 11 is 7.04. The van der Waals surface area contributed by atoms with Crippen molar-refractivity contribution in [2.45, 2.75) is 11.6 Å². The summed E-state index contributed by atoms with van der Waals surface area (Å²) in [6.45, 7) is 7.58. The van der Waals surface area contributed by atoms with Gasteiger partial charge in [0.2, 0.25) is 0 Å². The molecule has 1 aliphatic rings. The fourth-order valence-corrected chi connectivity index (χ4v) is 25.9. The van der Waals surface area contributed by atoms with Crippen LogP contribution in [0.2, 0.25) is 11.6 Å².